The SMILES string of the molecule is CC1CNCCN1c1cc(N2CCOCC2)nc2c(-c3ccn[nH]3)nccc12. The first kappa shape index (κ1) is 17.4. The Balaban J connectivity index is 1.71. The molecule has 28 heavy (non-hydrogen) atoms. The van der Waals surface area contributed by atoms with E-state index in [4.69, 9.17) is 9.72 Å². The highest BCUT2D eigenvalue weighted by Crippen LogP contribution is 2.35. The highest BCUT2D eigenvalue weighted by molar-refractivity contribution is 6.00. The van der Waals surface area contributed by atoms with Gasteiger partial charge >= 0.3 is 0 Å². The summed E-state index contributed by atoms with van der Waals surface area (Å²) in [6, 6.07) is 6.68. The summed E-state index contributed by atoms with van der Waals surface area (Å²) in [7, 11) is 0. The lowest BCUT2D eigenvalue weighted by molar-refractivity contribution is 0.122. The number of ether oxygens (including phenoxy) is 1. The van der Waals surface area contributed by atoms with Crippen LogP contribution >= 0.6 is 0 Å². The highest BCUT2D eigenvalue weighted by Gasteiger charge is 2.24. The van der Waals surface area contributed by atoms with Crippen molar-refractivity contribution in [3.05, 3.63) is 30.6 Å². The van der Waals surface area contributed by atoms with E-state index in [1.54, 1.807) is 6.20 Å². The third-order valence-corrected chi connectivity index (χ3v) is 5.59. The molecule has 2 aliphatic heterocycles. The number of rotatable bonds is 3. The molecule has 2 fully saturated rings. The predicted octanol–water partition coefficient (Wildman–Crippen LogP) is 1.65. The maximum Gasteiger partial charge on any atom is 0.131 e. The van der Waals surface area contributed by atoms with Gasteiger partial charge in [0.2, 0.25) is 0 Å². The van der Waals surface area contributed by atoms with Crippen LogP contribution in [0.4, 0.5) is 11.5 Å². The van der Waals surface area contributed by atoms with Crippen LogP contribution in [0.1, 0.15) is 6.92 Å². The van der Waals surface area contributed by atoms with Crippen molar-refractivity contribution in [1.29, 1.82) is 0 Å². The zero-order valence-electron chi connectivity index (χ0n) is 16.1. The number of H-pyrrole nitrogens is 1. The molecule has 8 nitrogen and oxygen atoms in total. The first-order valence-corrected chi connectivity index (χ1v) is 9.91. The van der Waals surface area contributed by atoms with Crippen molar-refractivity contribution >= 4 is 22.4 Å². The van der Waals surface area contributed by atoms with E-state index in [1.807, 2.05) is 12.3 Å². The molecule has 146 valence electrons. The van der Waals surface area contributed by atoms with Crippen LogP contribution in [0.25, 0.3) is 22.3 Å². The van der Waals surface area contributed by atoms with Gasteiger partial charge in [0.05, 0.1) is 24.6 Å². The fourth-order valence-corrected chi connectivity index (χ4v) is 4.10. The Kier molecular flexibility index (Phi) is 4.58. The number of nitrogens with zero attached hydrogens (tertiary/aromatic N) is 5. The van der Waals surface area contributed by atoms with Crippen LogP contribution in [-0.2, 0) is 4.74 Å². The maximum atomic E-state index is 5.54. The molecule has 0 bridgehead atoms. The number of aromatic amines is 1. The molecule has 0 aromatic carbocycles. The average molecular weight is 379 g/mol. The Bertz CT molecular complexity index is 953. The van der Waals surface area contributed by atoms with Gasteiger partial charge in [0.25, 0.3) is 0 Å². The van der Waals surface area contributed by atoms with Crippen molar-refractivity contribution < 1.29 is 4.74 Å². The van der Waals surface area contributed by atoms with Crippen LogP contribution in [0.5, 0.6) is 0 Å². The van der Waals surface area contributed by atoms with Crippen LogP contribution in [0, 0.1) is 0 Å². The molecular weight excluding hydrogens is 354 g/mol. The number of aromatic nitrogens is 4. The van der Waals surface area contributed by atoms with Gasteiger partial charge in [-0.15, -0.1) is 0 Å². The van der Waals surface area contributed by atoms with E-state index in [2.05, 4.69) is 49.4 Å². The van der Waals surface area contributed by atoms with Crippen LogP contribution in [0.3, 0.4) is 0 Å². The molecule has 0 radical (unpaired) electrons. The van der Waals surface area contributed by atoms with Crippen LogP contribution < -0.4 is 15.1 Å². The van der Waals surface area contributed by atoms with Crippen molar-refractivity contribution in [3.63, 3.8) is 0 Å². The molecule has 0 amide bonds. The summed E-state index contributed by atoms with van der Waals surface area (Å²) in [5.41, 5.74) is 3.87. The molecule has 0 spiro atoms. The average Bonchev–Trinajstić information content (AvgIpc) is 3.28. The number of nitrogens with one attached hydrogen (secondary N) is 2. The maximum absolute atomic E-state index is 5.54. The number of anilines is 2. The molecule has 3 aromatic heterocycles. The Hall–Kier alpha value is -2.71. The third kappa shape index (κ3) is 3.08. The normalized spacial score (nSPS) is 20.7. The largest absolute Gasteiger partial charge is 0.378 e. The van der Waals surface area contributed by atoms with Gasteiger partial charge in [0.1, 0.15) is 17.0 Å². The number of hydrogen-bond donors (Lipinski definition) is 2. The van der Waals surface area contributed by atoms with Gasteiger partial charge in [-0.05, 0) is 19.1 Å². The molecule has 1 unspecified atom stereocenters. The molecule has 2 saturated heterocycles. The van der Waals surface area contributed by atoms with Gasteiger partial charge in [-0.2, -0.15) is 5.10 Å². The molecule has 0 saturated carbocycles. The lowest BCUT2D eigenvalue weighted by atomic mass is 10.1. The van der Waals surface area contributed by atoms with Gasteiger partial charge in [-0.25, -0.2) is 4.98 Å². The zero-order chi connectivity index (χ0) is 18.9. The monoisotopic (exact) mass is 379 g/mol. The van der Waals surface area contributed by atoms with Crippen LogP contribution in [0.15, 0.2) is 30.6 Å². The van der Waals surface area contributed by atoms with E-state index in [0.717, 1.165) is 74.0 Å². The van der Waals surface area contributed by atoms with E-state index in [1.165, 1.54) is 5.69 Å². The van der Waals surface area contributed by atoms with E-state index < -0.39 is 0 Å². The highest BCUT2D eigenvalue weighted by atomic mass is 16.5. The third-order valence-electron chi connectivity index (χ3n) is 5.59. The van der Waals surface area contributed by atoms with E-state index in [-0.39, 0.29) is 0 Å². The fraction of sp³-hybridized carbons (Fsp3) is 0.450. The van der Waals surface area contributed by atoms with Crippen molar-refractivity contribution in [2.45, 2.75) is 13.0 Å². The molecular formula is C20H25N7O. The van der Waals surface area contributed by atoms with Crippen molar-refractivity contribution in [2.24, 2.45) is 0 Å². The summed E-state index contributed by atoms with van der Waals surface area (Å²) >= 11 is 0. The van der Waals surface area contributed by atoms with Crippen molar-refractivity contribution in [2.75, 3.05) is 55.7 Å². The van der Waals surface area contributed by atoms with Gasteiger partial charge in [0, 0.05) is 62.6 Å². The minimum Gasteiger partial charge on any atom is -0.378 e. The predicted molar refractivity (Wildman–Crippen MR) is 110 cm³/mol. The van der Waals surface area contributed by atoms with Gasteiger partial charge in [0.15, 0.2) is 0 Å². The molecule has 2 N–H and O–H groups in total. The second-order valence-electron chi connectivity index (χ2n) is 7.37. The quantitative estimate of drug-likeness (QED) is 0.716. The Labute approximate surface area is 163 Å². The molecule has 2 aliphatic rings. The van der Waals surface area contributed by atoms with Gasteiger partial charge in [-0.1, -0.05) is 0 Å². The lowest BCUT2D eigenvalue weighted by Gasteiger charge is -2.37. The zero-order valence-corrected chi connectivity index (χ0v) is 16.1. The van der Waals surface area contributed by atoms with Crippen LogP contribution in [-0.4, -0.2) is 72.1 Å². The summed E-state index contributed by atoms with van der Waals surface area (Å²) in [5, 5.41) is 11.8. The topological polar surface area (TPSA) is 82.2 Å². The second-order valence-corrected chi connectivity index (χ2v) is 7.37. The molecule has 0 aliphatic carbocycles. The minimum absolute atomic E-state index is 0.417. The van der Waals surface area contributed by atoms with Gasteiger partial charge in [-0.3, -0.25) is 10.1 Å². The fourth-order valence-electron chi connectivity index (χ4n) is 4.10. The van der Waals surface area contributed by atoms with Crippen molar-refractivity contribution in [3.8, 4) is 11.4 Å². The number of fused-ring (bicyclic) bond motifs is 1. The Morgan fingerprint density at radius 1 is 1.14 bits per heavy atom. The molecule has 1 atom stereocenters. The van der Waals surface area contributed by atoms with E-state index in [0.29, 0.717) is 6.04 Å². The molecule has 3 aromatic rings. The smallest absolute Gasteiger partial charge is 0.131 e. The first-order chi connectivity index (χ1) is 13.8. The van der Waals surface area contributed by atoms with Gasteiger partial charge < -0.3 is 19.9 Å². The molecule has 5 heterocycles. The van der Waals surface area contributed by atoms with Crippen LogP contribution in [0.2, 0.25) is 0 Å². The second kappa shape index (κ2) is 7.37. The number of pyridine rings is 2. The standard InChI is InChI=1S/C20H25N7O/c1-14-13-21-6-7-27(14)17-12-18(26-8-10-28-11-9-26)24-19-15(17)2-4-22-20(19)16-3-5-23-25-16/h2-5,12,14,21H,6-11,13H2,1H3,(H,23,25). The Morgan fingerprint density at radius 2 is 2.04 bits per heavy atom. The lowest BCUT2D eigenvalue weighted by Crippen LogP contribution is -2.50. The summed E-state index contributed by atoms with van der Waals surface area (Å²) < 4.78 is 5.54. The van der Waals surface area contributed by atoms with E-state index in [9.17, 15) is 0 Å². The first-order valence-electron chi connectivity index (χ1n) is 9.91. The van der Waals surface area contributed by atoms with E-state index >= 15 is 0 Å². The minimum atomic E-state index is 0.417. The molecule has 5 rings (SSSR count). The van der Waals surface area contributed by atoms with Crippen molar-refractivity contribution in [1.82, 2.24) is 25.5 Å². The number of piperazine rings is 1. The number of hydrogen-bond acceptors (Lipinski definition) is 7. The number of morpholine rings is 1. The summed E-state index contributed by atoms with van der Waals surface area (Å²) in [5.74, 6) is 0.991. The summed E-state index contributed by atoms with van der Waals surface area (Å²) in [6.45, 7) is 8.39. The Morgan fingerprint density at radius 3 is 2.82 bits per heavy atom. The summed E-state index contributed by atoms with van der Waals surface area (Å²) in [6.07, 6.45) is 3.62. The molecule has 8 heteroatoms. The summed E-state index contributed by atoms with van der Waals surface area (Å²) in [4.78, 5) is 14.5.